The van der Waals surface area contributed by atoms with Gasteiger partial charge in [0.1, 0.15) is 37.3 Å². The maximum atomic E-state index is 9.62. The third-order valence-electron chi connectivity index (χ3n) is 20.2. The summed E-state index contributed by atoms with van der Waals surface area (Å²) in [5, 5.41) is 65.7. The van der Waals surface area contributed by atoms with Crippen LogP contribution in [0.15, 0.2) is 153 Å². The number of hydrogen-bond donors (Lipinski definition) is 12. The van der Waals surface area contributed by atoms with Crippen LogP contribution in [0.5, 0.6) is 51.7 Å². The Morgan fingerprint density at radius 3 is 1.12 bits per heavy atom. The second-order valence-corrected chi connectivity index (χ2v) is 30.5. The number of aliphatic hydroxyl groups excluding tert-OH is 5. The Morgan fingerprint density at radius 2 is 0.722 bits per heavy atom. The summed E-state index contributed by atoms with van der Waals surface area (Å²) < 4.78 is 50.9. The molecule has 0 spiro atoms. The van der Waals surface area contributed by atoms with Crippen molar-refractivity contribution >= 4 is 119 Å². The Bertz CT molecular complexity index is 5040. The van der Waals surface area contributed by atoms with Crippen LogP contribution in [0.4, 0.5) is 41.0 Å². The molecular weight excluding hydrogens is 1790 g/mol. The van der Waals surface area contributed by atoms with Gasteiger partial charge in [-0.25, -0.2) is 39.9 Å². The van der Waals surface area contributed by atoms with Crippen LogP contribution in [0, 0.1) is 20.8 Å². The van der Waals surface area contributed by atoms with Crippen molar-refractivity contribution in [3.63, 3.8) is 0 Å². The Balaban J connectivity index is 0.000000346. The van der Waals surface area contributed by atoms with Gasteiger partial charge < -0.3 is 106 Å². The molecular formula is C94H138N20O14S5. The van der Waals surface area contributed by atoms with Crippen LogP contribution in [0.1, 0.15) is 183 Å². The molecule has 39 heteroatoms. The van der Waals surface area contributed by atoms with Gasteiger partial charge in [-0.2, -0.15) is 77.4 Å². The maximum Gasteiger partial charge on any atom is 0.231 e. The van der Waals surface area contributed by atoms with E-state index in [1.54, 1.807) is 43.4 Å². The first-order chi connectivity index (χ1) is 62.5. The van der Waals surface area contributed by atoms with Gasteiger partial charge in [0, 0.05) is 49.3 Å². The number of nitrogens with two attached hydrogens (primary N) is 2. The van der Waals surface area contributed by atoms with Crippen molar-refractivity contribution < 1.29 is 68.2 Å². The van der Waals surface area contributed by atoms with Crippen LogP contribution >= 0.6 is 67.5 Å². The van der Waals surface area contributed by atoms with Crippen molar-refractivity contribution in [2.75, 3.05) is 97.9 Å². The molecule has 34 nitrogen and oxygen atoms in total. The molecule has 0 saturated carbocycles. The topological polar surface area (TPSA) is 464 Å². The van der Waals surface area contributed by atoms with Gasteiger partial charge in [0.05, 0.1) is 99.2 Å². The fraction of sp³-hybridized carbons (Fsp3) is 0.457. The summed E-state index contributed by atoms with van der Waals surface area (Å²) in [7, 11) is 0. The van der Waals surface area contributed by atoms with E-state index in [9.17, 15) is 25.5 Å². The van der Waals surface area contributed by atoms with Crippen molar-refractivity contribution in [2.24, 2.45) is 0 Å². The van der Waals surface area contributed by atoms with E-state index in [-0.39, 0.29) is 149 Å². The van der Waals surface area contributed by atoms with E-state index in [0.29, 0.717) is 128 Å². The fourth-order valence-electron chi connectivity index (χ4n) is 13.4. The van der Waals surface area contributed by atoms with Gasteiger partial charge in [-0.15, -0.1) is 0 Å². The molecule has 11 aromatic rings. The Hall–Kier alpha value is -10.9. The third-order valence-corrected chi connectivity index (χ3v) is 20.2. The number of ether oxygens (including phenoxy) is 9. The highest BCUT2D eigenvalue weighted by molar-refractivity contribution is 7.60. The van der Waals surface area contributed by atoms with E-state index >= 15 is 0 Å². The number of rotatable bonds is 48. The van der Waals surface area contributed by atoms with Gasteiger partial charge in [-0.3, -0.25) is 15.0 Å². The summed E-state index contributed by atoms with van der Waals surface area (Å²) in [6, 6.07) is 33.4. The molecule has 2 aliphatic rings. The maximum absolute atomic E-state index is 9.62. The van der Waals surface area contributed by atoms with E-state index in [4.69, 9.17) is 54.1 Å². The largest absolute Gasteiger partial charge is 0.488 e. The van der Waals surface area contributed by atoms with Gasteiger partial charge in [0.15, 0.2) is 80.8 Å². The van der Waals surface area contributed by atoms with E-state index in [1.807, 2.05) is 112 Å². The van der Waals surface area contributed by atoms with Crippen molar-refractivity contribution in [1.29, 1.82) is 0 Å². The predicted molar refractivity (Wildman–Crippen MR) is 547 cm³/mol. The molecule has 133 heavy (non-hydrogen) atoms. The summed E-state index contributed by atoms with van der Waals surface area (Å²) in [5.41, 5.74) is 16.3. The number of anilines is 7. The molecule has 13 rings (SSSR count). The Labute approximate surface area is 816 Å². The lowest BCUT2D eigenvalue weighted by Crippen LogP contribution is -2.25. The number of nitrogens with zero attached hydrogens (tertiary/aromatic N) is 13. The van der Waals surface area contributed by atoms with Crippen molar-refractivity contribution in [3.8, 4) is 51.7 Å². The normalized spacial score (nSPS) is 12.1. The minimum absolute atomic E-state index is 0. The number of unbranched alkanes of at least 4 members (excludes halogenated alkanes) is 2. The smallest absolute Gasteiger partial charge is 0.231 e. The van der Waals surface area contributed by atoms with Crippen LogP contribution in [0.3, 0.4) is 0 Å². The first kappa shape index (κ1) is 114. The lowest BCUT2D eigenvalue weighted by atomic mass is 10.1. The summed E-state index contributed by atoms with van der Waals surface area (Å²) in [5.74, 6) is 11.4. The number of nitrogens with one attached hydrogen (secondary N) is 5. The number of fused-ring (bicyclic) bond motifs is 3. The van der Waals surface area contributed by atoms with Crippen molar-refractivity contribution in [1.82, 2.24) is 64.8 Å². The monoisotopic (exact) mass is 1930 g/mol. The molecule has 0 amide bonds. The molecule has 0 fully saturated rings. The molecule has 0 bridgehead atoms. The molecule has 10 heterocycles. The van der Waals surface area contributed by atoms with E-state index in [0.717, 1.165) is 154 Å². The quantitative estimate of drug-likeness (QED) is 0.0158. The molecule has 0 saturated heterocycles. The number of aromatic nitrogens is 13. The summed E-state index contributed by atoms with van der Waals surface area (Å²) in [4.78, 5) is 55.3. The molecule has 14 N–H and O–H groups in total. The summed E-state index contributed by atoms with van der Waals surface area (Å²) in [6.07, 6.45) is 29.8. The van der Waals surface area contributed by atoms with Crippen LogP contribution in [0.25, 0.3) is 10.8 Å². The van der Waals surface area contributed by atoms with Crippen LogP contribution in [-0.4, -0.2) is 180 Å². The molecule has 728 valence electrons. The van der Waals surface area contributed by atoms with Crippen LogP contribution < -0.4 is 80.7 Å². The van der Waals surface area contributed by atoms with E-state index in [2.05, 4.69) is 138 Å². The highest BCUT2D eigenvalue weighted by Gasteiger charge is 2.22. The lowest BCUT2D eigenvalue weighted by Gasteiger charge is -2.20. The molecule has 5 atom stereocenters. The average molecular weight is 1930 g/mol. The number of aliphatic hydroxyl groups is 5. The van der Waals surface area contributed by atoms with Gasteiger partial charge in [0.2, 0.25) is 25.5 Å². The standard InChI is InChI=1S/2C21H29N3O4.C20H25N5O2.C16H23N5O2.C16H22N4O2.5H2S/c1-3-5-17(9-10-25)24-21-20(13-22-15(2)23-21)26-11-4-6-16-7-8-18-19(12-16)28-14-27-18;1-3-4-7-17(13-25)24-21-20(12-22-15(2)23-21)26-10-5-6-16-8-9-18-19(11-16)28-14-27-18;1-2-5-15(9-11-26)24-19-18(12-23-20(21)25-19)27-13-17-16-7-4-3-6-14(16)8-10-22-17;1-2-3-6-12(10-22)20-15-14(9-19-16(17)21-15)23-11-13-7-4-5-8-18-13;1-3-6-13(10-21)20-16-15(9-18-12(2)19-16)22-11-14-7-4-5-8-17-14;;;;;/h7-8,12-13,17,25H,3-6,9-11,14H2,1-2H3,(H,22,23,24);8-9,11-12,17,25H,3-7,10,13-14H2,1-2H3,(H,22,23,24);3-4,6-8,10,12,15,26H,2,5,9,11,13H2,1H3,(H3,21,23,24,25);4-5,7-9,12,22H,2-3,6,10-11H2,1H3,(H3,17,19,20,21);4-5,7-9,13,21H,3,6,10-11H2,1-2H3,(H,18,19,20);5*1H2/t2*17-;15-;12-;13-;;;;;/m00000...../s1. The predicted octanol–water partition coefficient (Wildman–Crippen LogP) is 15.0. The second-order valence-electron chi connectivity index (χ2n) is 30.5. The number of pyridine rings is 3. The van der Waals surface area contributed by atoms with Gasteiger partial charge in [-0.05, 0) is 163 Å². The van der Waals surface area contributed by atoms with E-state index < -0.39 is 0 Å². The van der Waals surface area contributed by atoms with Gasteiger partial charge in [0.25, 0.3) is 0 Å². The number of nitrogen functional groups attached to an aromatic ring is 2. The highest BCUT2D eigenvalue weighted by Crippen LogP contribution is 2.36. The van der Waals surface area contributed by atoms with Crippen molar-refractivity contribution in [2.45, 2.75) is 221 Å². The first-order valence-corrected chi connectivity index (χ1v) is 44.2. The molecule has 0 radical (unpaired) electrons. The highest BCUT2D eigenvalue weighted by atomic mass is 32.1. The molecule has 2 aliphatic heterocycles. The molecule has 0 unspecified atom stereocenters. The summed E-state index contributed by atoms with van der Waals surface area (Å²) in [6.45, 7) is 19.1. The second kappa shape index (κ2) is 64.9. The summed E-state index contributed by atoms with van der Waals surface area (Å²) >= 11 is 0. The molecule has 3 aromatic carbocycles. The first-order valence-electron chi connectivity index (χ1n) is 44.2. The number of hydrogen-bond acceptors (Lipinski definition) is 34. The van der Waals surface area contributed by atoms with E-state index in [1.165, 1.54) is 17.3 Å². The number of aryl methyl sites for hydroxylation is 5. The minimum atomic E-state index is -0.0959. The molecule has 0 aliphatic carbocycles. The Kier molecular flexibility index (Phi) is 55.8. The fourth-order valence-corrected chi connectivity index (χ4v) is 13.4. The molecule has 8 aromatic heterocycles. The average Bonchev–Trinajstić information content (AvgIpc) is 1.64. The van der Waals surface area contributed by atoms with Gasteiger partial charge >= 0.3 is 0 Å². The third kappa shape index (κ3) is 40.1. The SMILES string of the molecule is CCCC[C@@H](CO)Nc1nc(C)ncc1OCCCc1ccc2c(c1)OCO2.CCCC[C@@H](CO)Nc1nc(N)ncc1OCc1ccccn1.CCC[C@@H](CCO)Nc1nc(C)ncc1OCCCc1ccc2c(c1)OCO2.CCC[C@@H](CCO)Nc1nc(N)ncc1OCc1nccc2ccccc12.CCC[C@@H](CO)Nc1nc(C)ncc1OCc1ccccn1.S.S.S.S.S. The van der Waals surface area contributed by atoms with Crippen LogP contribution in [-0.2, 0) is 32.7 Å². The van der Waals surface area contributed by atoms with Crippen LogP contribution in [0.2, 0.25) is 0 Å². The zero-order chi connectivity index (χ0) is 90.9. The number of benzene rings is 3. The Morgan fingerprint density at radius 1 is 0.353 bits per heavy atom. The zero-order valence-corrected chi connectivity index (χ0v) is 82.4. The lowest BCUT2D eigenvalue weighted by molar-refractivity contribution is 0.173. The minimum Gasteiger partial charge on any atom is -0.488 e. The van der Waals surface area contributed by atoms with Crippen molar-refractivity contribution in [3.05, 3.63) is 198 Å². The zero-order valence-electron chi connectivity index (χ0n) is 77.4. The van der Waals surface area contributed by atoms with Gasteiger partial charge in [-0.1, -0.05) is 128 Å².